The lowest BCUT2D eigenvalue weighted by molar-refractivity contribution is 0.471. The van der Waals surface area contributed by atoms with Crippen LogP contribution in [0.5, 0.6) is 11.5 Å². The van der Waals surface area contributed by atoms with Gasteiger partial charge in [0.25, 0.3) is 0 Å². The van der Waals surface area contributed by atoms with Crippen LogP contribution < -0.4 is 14.5 Å². The van der Waals surface area contributed by atoms with E-state index < -0.39 is 0 Å². The summed E-state index contributed by atoms with van der Waals surface area (Å²) in [6, 6.07) is 56.4. The van der Waals surface area contributed by atoms with Crippen LogP contribution in [0.25, 0.3) is 21.9 Å². The molecular formula is C43H32N2O. The number of fused-ring (bicyclic) bond motifs is 5. The van der Waals surface area contributed by atoms with Gasteiger partial charge in [0.2, 0.25) is 0 Å². The molecule has 2 aliphatic rings. The van der Waals surface area contributed by atoms with Crippen molar-refractivity contribution in [2.45, 2.75) is 19.3 Å². The normalized spacial score (nSPS) is 13.7. The zero-order chi connectivity index (χ0) is 30.8. The molecule has 0 saturated heterocycles. The third-order valence-corrected chi connectivity index (χ3v) is 9.58. The van der Waals surface area contributed by atoms with E-state index in [0.717, 1.165) is 39.9 Å². The molecule has 0 aromatic heterocycles. The van der Waals surface area contributed by atoms with Gasteiger partial charge in [-0.2, -0.15) is 0 Å². The SMILES string of the molecule is CC1(C)c2ccccc2N2c3ccccc3Oc3cc(N(c4ccc(-c5ccccc5)cc4)c4ccc5ccccc5c4)cc1c32. The van der Waals surface area contributed by atoms with Gasteiger partial charge >= 0.3 is 0 Å². The van der Waals surface area contributed by atoms with Gasteiger partial charge in [-0.05, 0) is 81.6 Å². The molecule has 0 radical (unpaired) electrons. The number of nitrogens with zero attached hydrogens (tertiary/aromatic N) is 2. The molecule has 0 saturated carbocycles. The maximum absolute atomic E-state index is 6.77. The summed E-state index contributed by atoms with van der Waals surface area (Å²) in [7, 11) is 0. The van der Waals surface area contributed by atoms with Gasteiger partial charge in [-0.25, -0.2) is 0 Å². The number of hydrogen-bond acceptors (Lipinski definition) is 3. The summed E-state index contributed by atoms with van der Waals surface area (Å²) in [6.07, 6.45) is 0. The first-order valence-corrected chi connectivity index (χ1v) is 15.9. The molecule has 2 aliphatic heterocycles. The Labute approximate surface area is 269 Å². The fraction of sp³-hybridized carbons (Fsp3) is 0.0698. The average molecular weight is 593 g/mol. The zero-order valence-electron chi connectivity index (χ0n) is 25.8. The van der Waals surface area contributed by atoms with Gasteiger partial charge in [-0.1, -0.05) is 117 Å². The van der Waals surface area contributed by atoms with E-state index in [9.17, 15) is 0 Å². The molecule has 0 amide bonds. The van der Waals surface area contributed by atoms with Gasteiger partial charge in [-0.3, -0.25) is 0 Å². The highest BCUT2D eigenvalue weighted by atomic mass is 16.5. The second-order valence-corrected chi connectivity index (χ2v) is 12.7. The fourth-order valence-corrected chi connectivity index (χ4v) is 7.26. The van der Waals surface area contributed by atoms with E-state index in [1.54, 1.807) is 0 Å². The van der Waals surface area contributed by atoms with Crippen LogP contribution in [0.2, 0.25) is 0 Å². The summed E-state index contributed by atoms with van der Waals surface area (Å²) >= 11 is 0. The Kier molecular flexibility index (Phi) is 5.85. The average Bonchev–Trinajstić information content (AvgIpc) is 3.10. The number of para-hydroxylation sites is 3. The van der Waals surface area contributed by atoms with E-state index in [0.29, 0.717) is 0 Å². The summed E-state index contributed by atoms with van der Waals surface area (Å²) in [5.74, 6) is 1.72. The van der Waals surface area contributed by atoms with E-state index in [2.05, 4.69) is 175 Å². The van der Waals surface area contributed by atoms with Crippen molar-refractivity contribution in [1.82, 2.24) is 0 Å². The van der Waals surface area contributed by atoms with Gasteiger partial charge in [-0.15, -0.1) is 0 Å². The maximum atomic E-state index is 6.77. The summed E-state index contributed by atoms with van der Waals surface area (Å²) < 4.78 is 6.77. The minimum Gasteiger partial charge on any atom is -0.453 e. The number of rotatable bonds is 4. The zero-order valence-corrected chi connectivity index (χ0v) is 25.8. The Bertz CT molecular complexity index is 2270. The smallest absolute Gasteiger partial charge is 0.153 e. The van der Waals surface area contributed by atoms with Crippen LogP contribution in [0.15, 0.2) is 158 Å². The third kappa shape index (κ3) is 4.05. The maximum Gasteiger partial charge on any atom is 0.153 e. The lowest BCUT2D eigenvalue weighted by Crippen LogP contribution is -2.32. The number of benzene rings is 7. The van der Waals surface area contributed by atoms with Crippen LogP contribution >= 0.6 is 0 Å². The first-order valence-electron chi connectivity index (χ1n) is 15.9. The van der Waals surface area contributed by atoms with Crippen molar-refractivity contribution >= 4 is 44.9 Å². The number of ether oxygens (including phenoxy) is 1. The molecule has 0 bridgehead atoms. The molecule has 3 heteroatoms. The van der Waals surface area contributed by atoms with E-state index in [1.165, 1.54) is 38.7 Å². The highest BCUT2D eigenvalue weighted by Crippen LogP contribution is 2.61. The van der Waals surface area contributed by atoms with E-state index in [4.69, 9.17) is 4.74 Å². The van der Waals surface area contributed by atoms with Crippen molar-refractivity contribution in [3.63, 3.8) is 0 Å². The Balaban J connectivity index is 1.28. The number of anilines is 6. The Morgan fingerprint density at radius 3 is 1.96 bits per heavy atom. The standard InChI is InChI=1S/C43H32N2O/c1-43(2)36-16-8-9-17-38(36)45-39-18-10-11-19-40(39)46-41-28-35(27-37(43)42(41)45)44(34-25-22-30-14-6-7-15-32(30)26-34)33-23-20-31(21-24-33)29-12-4-3-5-13-29/h3-28H,1-2H3. The van der Waals surface area contributed by atoms with Gasteiger partial charge in [0, 0.05) is 22.9 Å². The predicted octanol–water partition coefficient (Wildman–Crippen LogP) is 12.2. The van der Waals surface area contributed by atoms with Crippen LogP contribution in [-0.2, 0) is 5.41 Å². The lowest BCUT2D eigenvalue weighted by Gasteiger charge is -2.45. The van der Waals surface area contributed by atoms with Crippen LogP contribution in [0.4, 0.5) is 34.1 Å². The predicted molar refractivity (Wildman–Crippen MR) is 191 cm³/mol. The first-order chi connectivity index (χ1) is 22.6. The molecule has 0 fully saturated rings. The monoisotopic (exact) mass is 592 g/mol. The molecule has 220 valence electrons. The van der Waals surface area contributed by atoms with Crippen molar-refractivity contribution in [2.24, 2.45) is 0 Å². The summed E-state index contributed by atoms with van der Waals surface area (Å²) in [5.41, 5.74) is 11.3. The van der Waals surface area contributed by atoms with Crippen LogP contribution in [0.3, 0.4) is 0 Å². The highest BCUT2D eigenvalue weighted by Gasteiger charge is 2.42. The van der Waals surface area contributed by atoms with Crippen molar-refractivity contribution in [3.8, 4) is 22.6 Å². The van der Waals surface area contributed by atoms with Gasteiger partial charge in [0.15, 0.2) is 11.5 Å². The third-order valence-electron chi connectivity index (χ3n) is 9.58. The fourth-order valence-electron chi connectivity index (χ4n) is 7.26. The molecule has 0 spiro atoms. The molecule has 7 aromatic carbocycles. The molecular weight excluding hydrogens is 560 g/mol. The Morgan fingerprint density at radius 1 is 0.478 bits per heavy atom. The molecule has 0 unspecified atom stereocenters. The van der Waals surface area contributed by atoms with Crippen LogP contribution in [-0.4, -0.2) is 0 Å². The van der Waals surface area contributed by atoms with E-state index in [-0.39, 0.29) is 5.41 Å². The summed E-state index contributed by atoms with van der Waals surface area (Å²) in [5, 5.41) is 2.43. The van der Waals surface area contributed by atoms with Crippen LogP contribution in [0.1, 0.15) is 25.0 Å². The van der Waals surface area contributed by atoms with E-state index >= 15 is 0 Å². The first kappa shape index (κ1) is 26.6. The lowest BCUT2D eigenvalue weighted by atomic mass is 9.73. The molecule has 3 nitrogen and oxygen atoms in total. The van der Waals surface area contributed by atoms with Crippen molar-refractivity contribution in [1.29, 1.82) is 0 Å². The highest BCUT2D eigenvalue weighted by molar-refractivity contribution is 5.96. The Hall–Kier alpha value is -5.80. The van der Waals surface area contributed by atoms with Crippen LogP contribution in [0, 0.1) is 0 Å². The quantitative estimate of drug-likeness (QED) is 0.202. The molecule has 0 N–H and O–H groups in total. The topological polar surface area (TPSA) is 15.7 Å². The molecule has 9 rings (SSSR count). The molecule has 46 heavy (non-hydrogen) atoms. The largest absolute Gasteiger partial charge is 0.453 e. The summed E-state index contributed by atoms with van der Waals surface area (Å²) in [6.45, 7) is 4.66. The Morgan fingerprint density at radius 2 is 1.13 bits per heavy atom. The molecule has 2 heterocycles. The van der Waals surface area contributed by atoms with Gasteiger partial charge in [0.1, 0.15) is 0 Å². The number of hydrogen-bond donors (Lipinski definition) is 0. The van der Waals surface area contributed by atoms with Crippen molar-refractivity contribution < 1.29 is 4.74 Å². The molecule has 0 aliphatic carbocycles. The molecule has 7 aromatic rings. The van der Waals surface area contributed by atoms with Gasteiger partial charge < -0.3 is 14.5 Å². The van der Waals surface area contributed by atoms with Gasteiger partial charge in [0.05, 0.1) is 22.7 Å². The van der Waals surface area contributed by atoms with E-state index in [1.807, 2.05) is 6.07 Å². The second kappa shape index (κ2) is 10.1. The minimum absolute atomic E-state index is 0.255. The molecule has 0 atom stereocenters. The second-order valence-electron chi connectivity index (χ2n) is 12.7. The van der Waals surface area contributed by atoms with Crippen molar-refractivity contribution in [3.05, 3.63) is 169 Å². The summed E-state index contributed by atoms with van der Waals surface area (Å²) in [4.78, 5) is 4.76. The minimum atomic E-state index is -0.255. The van der Waals surface area contributed by atoms with Crippen molar-refractivity contribution in [2.75, 3.05) is 9.80 Å².